The smallest absolute Gasteiger partial charge is 0.345 e. The van der Waals surface area contributed by atoms with Gasteiger partial charge in [-0.25, -0.2) is 28.8 Å². The van der Waals surface area contributed by atoms with E-state index in [2.05, 4.69) is 0 Å². The molecule has 0 amide bonds. The Bertz CT molecular complexity index is 4240. The van der Waals surface area contributed by atoms with Crippen molar-refractivity contribution >= 4 is 56.6 Å². The predicted molar refractivity (Wildman–Crippen MR) is 245 cm³/mol. The molecule has 3 aliphatic rings. The van der Waals surface area contributed by atoms with Crippen LogP contribution in [0.5, 0.6) is 92.0 Å². The number of phenolic OH excluding ortho intramolecular Hbond substituents is 16. The van der Waals surface area contributed by atoms with Crippen LogP contribution in [-0.4, -0.2) is 148 Å². The minimum atomic E-state index is -2.69. The fourth-order valence-corrected chi connectivity index (χ4v) is 9.68. The maximum atomic E-state index is 15.0. The summed E-state index contributed by atoms with van der Waals surface area (Å²) in [4.78, 5) is 86.1. The number of carbonyl (C=O) groups excluding carboxylic acids is 4. The Morgan fingerprint density at radius 1 is 0.346 bits per heavy atom. The van der Waals surface area contributed by atoms with Gasteiger partial charge in [-0.2, -0.15) is 0 Å². The molecular weight excluding hydrogens is 1060 g/mol. The number of carbonyl (C=O) groups is 4. The number of ether oxygens (including phenoxy) is 5. The molecule has 5 atom stereocenters. The van der Waals surface area contributed by atoms with Crippen molar-refractivity contribution in [3.05, 3.63) is 67.4 Å². The summed E-state index contributed by atoms with van der Waals surface area (Å²) in [5.74, 6) is -31.1. The molecule has 17 N–H and O–H groups in total. The first-order valence-electron chi connectivity index (χ1n) is 21.7. The average Bonchev–Trinajstić information content (AvgIpc) is 3.51. The number of cyclic esters (lactones) is 1. The highest BCUT2D eigenvalue weighted by molar-refractivity contribution is 6.29. The summed E-state index contributed by atoms with van der Waals surface area (Å²) in [6, 6.07) is 1.50. The van der Waals surface area contributed by atoms with E-state index in [0.29, 0.717) is 18.2 Å². The number of benzene rings is 6. The van der Waals surface area contributed by atoms with Crippen molar-refractivity contribution in [3.8, 4) is 125 Å². The highest BCUT2D eigenvalue weighted by atomic mass is 16.7. The van der Waals surface area contributed by atoms with Gasteiger partial charge < -0.3 is 119 Å². The third-order valence-electron chi connectivity index (χ3n) is 13.2. The molecule has 5 heterocycles. The minimum Gasteiger partial charge on any atom is -0.504 e. The molecule has 8 bridgehead atoms. The summed E-state index contributed by atoms with van der Waals surface area (Å²) in [7, 11) is 0. The topological polar surface area (TPSA) is 519 Å². The molecular formula is C48H28O30. The van der Waals surface area contributed by atoms with E-state index in [-0.39, 0.29) is 6.07 Å². The summed E-state index contributed by atoms with van der Waals surface area (Å²) in [6.07, 6.45) is -12.8. The van der Waals surface area contributed by atoms with Gasteiger partial charge in [-0.3, -0.25) is 0 Å². The monoisotopic (exact) mass is 1080 g/mol. The summed E-state index contributed by atoms with van der Waals surface area (Å²) in [5.41, 5.74) is -17.4. The Morgan fingerprint density at radius 2 is 0.731 bits per heavy atom. The van der Waals surface area contributed by atoms with Crippen molar-refractivity contribution in [2.45, 2.75) is 30.7 Å². The molecule has 400 valence electrons. The van der Waals surface area contributed by atoms with Crippen LogP contribution in [0, 0.1) is 0 Å². The van der Waals surface area contributed by atoms with Gasteiger partial charge in [0, 0.05) is 44.2 Å². The van der Waals surface area contributed by atoms with Crippen molar-refractivity contribution in [1.29, 1.82) is 0 Å². The Hall–Kier alpha value is -11.1. The molecule has 11 rings (SSSR count). The molecule has 0 spiro atoms. The molecule has 1 fully saturated rings. The molecule has 6 aromatic carbocycles. The van der Waals surface area contributed by atoms with Gasteiger partial charge in [0.05, 0.1) is 27.5 Å². The van der Waals surface area contributed by atoms with Crippen LogP contribution in [0.4, 0.5) is 0 Å². The third kappa shape index (κ3) is 6.49. The summed E-state index contributed by atoms with van der Waals surface area (Å²) in [5, 5.41) is 185. The lowest BCUT2D eigenvalue weighted by Gasteiger charge is -2.43. The number of aliphatic hydroxyl groups excluding tert-OH is 1. The van der Waals surface area contributed by atoms with Crippen molar-refractivity contribution in [3.63, 3.8) is 0 Å². The van der Waals surface area contributed by atoms with Gasteiger partial charge >= 0.3 is 35.1 Å². The standard InChI is InChI=1S/C48H28O30/c49-11-2-7-16(29(57)26(11)54)17-8(3-12(50)27(55)30(17)58)45(68)78-41-40(77-44(7)67)37-14(73-48(41)71)5-72-42(65)10-1-6(24(52)34(62)25(10)53)15-22-20-21-23(47(70)76-38(20)35(63)32(15)60)19(33(61)36(64)39(21)75-46(22)69)18-9(43(66)74-37)4-13(51)28(56)31(18)59/h1-4,14,37,40-41,48-64,71H,5H2/t14-,37-,40+,41-,48+/m1/s1. The Balaban J connectivity index is 1.21. The lowest BCUT2D eigenvalue weighted by molar-refractivity contribution is -0.284. The van der Waals surface area contributed by atoms with Gasteiger partial charge in [-0.15, -0.1) is 0 Å². The first-order valence-corrected chi connectivity index (χ1v) is 21.7. The van der Waals surface area contributed by atoms with Gasteiger partial charge in [0.2, 0.25) is 34.5 Å². The quantitative estimate of drug-likeness (QED) is 0.0339. The summed E-state index contributed by atoms with van der Waals surface area (Å²) >= 11 is 0. The third-order valence-corrected chi connectivity index (χ3v) is 13.2. The van der Waals surface area contributed by atoms with Crippen LogP contribution >= 0.6 is 0 Å². The van der Waals surface area contributed by atoms with Crippen molar-refractivity contribution < 1.29 is 139 Å². The molecule has 3 aliphatic heterocycles. The van der Waals surface area contributed by atoms with E-state index in [1.807, 2.05) is 0 Å². The average molecular weight is 1080 g/mol. The van der Waals surface area contributed by atoms with Crippen molar-refractivity contribution in [1.82, 2.24) is 0 Å². The van der Waals surface area contributed by atoms with Crippen LogP contribution in [0.3, 0.4) is 0 Å². The number of hydrogen-bond acceptors (Lipinski definition) is 30. The molecule has 0 saturated carbocycles. The normalized spacial score (nSPS) is 19.3. The second-order valence-corrected chi connectivity index (χ2v) is 17.4. The number of fused-ring (bicyclic) bond motifs is 11. The van der Waals surface area contributed by atoms with E-state index >= 15 is 0 Å². The van der Waals surface area contributed by atoms with E-state index in [0.717, 1.165) is 0 Å². The summed E-state index contributed by atoms with van der Waals surface area (Å²) < 4.78 is 38.4. The molecule has 0 aliphatic carbocycles. The Labute approximate surface area is 424 Å². The van der Waals surface area contributed by atoms with E-state index in [1.54, 1.807) is 0 Å². The van der Waals surface area contributed by atoms with E-state index in [9.17, 15) is 116 Å². The van der Waals surface area contributed by atoms with Crippen LogP contribution in [-0.2, 0) is 23.7 Å². The molecule has 0 radical (unpaired) electrons. The van der Waals surface area contributed by atoms with Gasteiger partial charge in [0.25, 0.3) is 0 Å². The Morgan fingerprint density at radius 3 is 1.21 bits per heavy atom. The largest absolute Gasteiger partial charge is 0.504 e. The fraction of sp³-hybridized carbons (Fsp3) is 0.125. The van der Waals surface area contributed by atoms with Gasteiger partial charge in [0.15, 0.2) is 93.3 Å². The second kappa shape index (κ2) is 16.4. The second-order valence-electron chi connectivity index (χ2n) is 17.4. The van der Waals surface area contributed by atoms with Crippen LogP contribution in [0.1, 0.15) is 41.4 Å². The zero-order chi connectivity index (χ0) is 56.3. The maximum Gasteiger partial charge on any atom is 0.345 e. The molecule has 1 saturated heterocycles. The summed E-state index contributed by atoms with van der Waals surface area (Å²) in [6.45, 7) is -1.44. The number of aromatic hydroxyl groups is 16. The van der Waals surface area contributed by atoms with E-state index in [1.165, 1.54) is 0 Å². The lowest BCUT2D eigenvalue weighted by Crippen LogP contribution is -2.62. The molecule has 2 aromatic heterocycles. The number of rotatable bonds is 0. The zero-order valence-corrected chi connectivity index (χ0v) is 37.8. The van der Waals surface area contributed by atoms with Gasteiger partial charge in [0.1, 0.15) is 18.3 Å². The zero-order valence-electron chi connectivity index (χ0n) is 37.8. The molecule has 30 heteroatoms. The lowest BCUT2D eigenvalue weighted by atomic mass is 9.88. The van der Waals surface area contributed by atoms with Crippen LogP contribution < -0.4 is 11.3 Å². The van der Waals surface area contributed by atoms with Crippen molar-refractivity contribution in [2.24, 2.45) is 0 Å². The minimum absolute atomic E-state index is 0.289. The van der Waals surface area contributed by atoms with Gasteiger partial charge in [-0.05, 0) is 24.3 Å². The SMILES string of the molecule is O=C1OC[C@H]2O[C@H](O)[C@@H]3OC(=O)c4cc(O)c(O)c(O)c4-c4c(cc(O)c(O)c4O)C(=O)O[C@H]3[C@@H]2OC(=O)c2cc(O)c(O)c(O)c2-c2c(O)c(O)c3oc(=O)c4c(c(O)c(O)c5oc(=O)c2c3c54)-c2cc1c(O)c(O)c2O. The van der Waals surface area contributed by atoms with E-state index < -0.39 is 253 Å². The Kier molecular flexibility index (Phi) is 10.3. The first kappa shape index (κ1) is 49.1. The highest BCUT2D eigenvalue weighted by Gasteiger charge is 2.54. The van der Waals surface area contributed by atoms with Crippen LogP contribution in [0.2, 0.25) is 0 Å². The first-order chi connectivity index (χ1) is 36.8. The molecule has 8 aromatic rings. The number of aliphatic hydroxyl groups is 1. The molecule has 30 nitrogen and oxygen atoms in total. The molecule has 78 heavy (non-hydrogen) atoms. The van der Waals surface area contributed by atoms with E-state index in [4.69, 9.17) is 32.5 Å². The fourth-order valence-electron chi connectivity index (χ4n) is 9.68. The number of esters is 4. The predicted octanol–water partition coefficient (Wildman–Crippen LogP) is 1.96. The van der Waals surface area contributed by atoms with Gasteiger partial charge in [-0.1, -0.05) is 0 Å². The highest BCUT2D eigenvalue weighted by Crippen LogP contribution is 2.59. The molecule has 0 unspecified atom stereocenters. The number of phenols is 16. The van der Waals surface area contributed by atoms with Crippen molar-refractivity contribution in [2.75, 3.05) is 6.61 Å². The van der Waals surface area contributed by atoms with Crippen LogP contribution in [0.25, 0.3) is 66.1 Å². The maximum absolute atomic E-state index is 15.0. The van der Waals surface area contributed by atoms with Crippen LogP contribution in [0.15, 0.2) is 42.7 Å². The number of hydrogen-bond donors (Lipinski definition) is 17.